The minimum absolute atomic E-state index is 0.130. The zero-order valence-corrected chi connectivity index (χ0v) is 16.3. The minimum Gasteiger partial charge on any atom is -0.508 e. The normalized spacial score (nSPS) is 20.9. The highest BCUT2D eigenvalue weighted by Crippen LogP contribution is 2.24. The molecule has 4 rings (SSSR count). The Labute approximate surface area is 167 Å². The van der Waals surface area contributed by atoms with Crippen molar-refractivity contribution in [2.75, 3.05) is 39.3 Å². The van der Waals surface area contributed by atoms with Gasteiger partial charge in [0.15, 0.2) is 0 Å². The van der Waals surface area contributed by atoms with Crippen molar-refractivity contribution in [3.05, 3.63) is 65.2 Å². The molecule has 2 heterocycles. The number of hydrogen-bond acceptors (Lipinski definition) is 4. The summed E-state index contributed by atoms with van der Waals surface area (Å²) < 4.78 is 0. The van der Waals surface area contributed by atoms with Crippen molar-refractivity contribution in [1.29, 1.82) is 0 Å². The van der Waals surface area contributed by atoms with E-state index in [2.05, 4.69) is 22.3 Å². The van der Waals surface area contributed by atoms with Crippen molar-refractivity contribution in [1.82, 2.24) is 15.1 Å². The summed E-state index contributed by atoms with van der Waals surface area (Å²) in [5.74, 6) is 1.00. The number of piperidine rings is 1. The molecule has 0 spiro atoms. The lowest BCUT2D eigenvalue weighted by molar-refractivity contribution is 0.0628. The zero-order valence-electron chi connectivity index (χ0n) is 16.3. The molecule has 5 heteroatoms. The summed E-state index contributed by atoms with van der Waals surface area (Å²) in [6.07, 6.45) is 2.44. The molecule has 2 N–H and O–H groups in total. The first-order valence-electron chi connectivity index (χ1n) is 10.3. The molecular formula is C23H29N3O2. The van der Waals surface area contributed by atoms with Crippen molar-refractivity contribution in [3.8, 4) is 5.75 Å². The van der Waals surface area contributed by atoms with Gasteiger partial charge >= 0.3 is 0 Å². The van der Waals surface area contributed by atoms with Crippen molar-refractivity contribution in [2.24, 2.45) is 0 Å². The van der Waals surface area contributed by atoms with Crippen LogP contribution in [0.2, 0.25) is 0 Å². The first-order chi connectivity index (χ1) is 13.7. The highest BCUT2D eigenvalue weighted by molar-refractivity contribution is 5.94. The second kappa shape index (κ2) is 8.76. The third-order valence-electron chi connectivity index (χ3n) is 5.90. The van der Waals surface area contributed by atoms with Crippen molar-refractivity contribution < 1.29 is 9.90 Å². The van der Waals surface area contributed by atoms with Gasteiger partial charge in [0.1, 0.15) is 5.75 Å². The average Bonchev–Trinajstić information content (AvgIpc) is 2.75. The number of carbonyl (C=O) groups excluding carboxylic acids is 1. The maximum atomic E-state index is 12.9. The van der Waals surface area contributed by atoms with Gasteiger partial charge < -0.3 is 15.3 Å². The van der Waals surface area contributed by atoms with Gasteiger partial charge in [0.2, 0.25) is 0 Å². The van der Waals surface area contributed by atoms with Crippen LogP contribution >= 0.6 is 0 Å². The number of rotatable bonds is 4. The summed E-state index contributed by atoms with van der Waals surface area (Å²) >= 11 is 0. The van der Waals surface area contributed by atoms with Crippen LogP contribution in [0.25, 0.3) is 0 Å². The second-order valence-electron chi connectivity index (χ2n) is 7.90. The van der Waals surface area contributed by atoms with Gasteiger partial charge in [-0.3, -0.25) is 9.69 Å². The predicted molar refractivity (Wildman–Crippen MR) is 111 cm³/mol. The average molecular weight is 380 g/mol. The van der Waals surface area contributed by atoms with Gasteiger partial charge in [0.05, 0.1) is 0 Å². The monoisotopic (exact) mass is 379 g/mol. The Balaban J connectivity index is 1.31. The van der Waals surface area contributed by atoms with Crippen LogP contribution in [0.4, 0.5) is 0 Å². The standard InChI is InChI=1S/C23H29N3O2/c27-22-5-1-3-18(15-22)17-25-11-13-26(14-12-25)23(28)20-8-6-19(7-9-20)21-4-2-10-24-16-21/h1,3,5-9,15,21,24,27H,2,4,10-14,16-17H2/t21-/m0/s1. The molecule has 1 amide bonds. The smallest absolute Gasteiger partial charge is 0.253 e. The Hall–Kier alpha value is -2.37. The number of nitrogens with zero attached hydrogens (tertiary/aromatic N) is 2. The van der Waals surface area contributed by atoms with Gasteiger partial charge in [-0.2, -0.15) is 0 Å². The van der Waals surface area contributed by atoms with Crippen LogP contribution < -0.4 is 5.32 Å². The zero-order chi connectivity index (χ0) is 19.3. The Morgan fingerprint density at radius 1 is 1.07 bits per heavy atom. The third-order valence-corrected chi connectivity index (χ3v) is 5.90. The first-order valence-corrected chi connectivity index (χ1v) is 10.3. The number of aromatic hydroxyl groups is 1. The highest BCUT2D eigenvalue weighted by atomic mass is 16.3. The van der Waals surface area contributed by atoms with Crippen LogP contribution in [-0.4, -0.2) is 60.1 Å². The maximum Gasteiger partial charge on any atom is 0.253 e. The molecule has 0 aliphatic carbocycles. The van der Waals surface area contributed by atoms with Crippen LogP contribution in [0.1, 0.15) is 40.2 Å². The molecule has 0 unspecified atom stereocenters. The number of phenols is 1. The largest absolute Gasteiger partial charge is 0.508 e. The third kappa shape index (κ3) is 4.54. The molecule has 0 aromatic heterocycles. The topological polar surface area (TPSA) is 55.8 Å². The molecule has 1 atom stereocenters. The summed E-state index contributed by atoms with van der Waals surface area (Å²) in [7, 11) is 0. The fourth-order valence-electron chi connectivity index (χ4n) is 4.24. The summed E-state index contributed by atoms with van der Waals surface area (Å²) in [6.45, 7) is 6.15. The van der Waals surface area contributed by atoms with E-state index < -0.39 is 0 Å². The number of hydrogen-bond donors (Lipinski definition) is 2. The van der Waals surface area contributed by atoms with Gasteiger partial charge in [-0.05, 0) is 60.7 Å². The van der Waals surface area contributed by atoms with Crippen molar-refractivity contribution in [2.45, 2.75) is 25.3 Å². The molecule has 2 aliphatic rings. The molecule has 0 radical (unpaired) electrons. The van der Waals surface area contributed by atoms with E-state index in [0.717, 1.165) is 56.9 Å². The molecule has 148 valence electrons. The van der Waals surface area contributed by atoms with Crippen LogP contribution in [-0.2, 0) is 6.54 Å². The Bertz CT molecular complexity index is 792. The van der Waals surface area contributed by atoms with E-state index >= 15 is 0 Å². The highest BCUT2D eigenvalue weighted by Gasteiger charge is 2.23. The fourth-order valence-corrected chi connectivity index (χ4v) is 4.24. The molecular weight excluding hydrogens is 350 g/mol. The molecule has 5 nitrogen and oxygen atoms in total. The molecule has 2 fully saturated rings. The molecule has 2 aliphatic heterocycles. The number of phenolic OH excluding ortho intramolecular Hbond substituents is 1. The summed E-state index contributed by atoms with van der Waals surface area (Å²) in [6, 6.07) is 15.6. The van der Waals surface area contributed by atoms with Crippen LogP contribution in [0, 0.1) is 0 Å². The Morgan fingerprint density at radius 2 is 1.86 bits per heavy atom. The van der Waals surface area contributed by atoms with Gasteiger partial charge in [-0.15, -0.1) is 0 Å². The van der Waals surface area contributed by atoms with Crippen molar-refractivity contribution in [3.63, 3.8) is 0 Å². The molecule has 0 saturated carbocycles. The number of piperazine rings is 1. The first kappa shape index (κ1) is 19.0. The van der Waals surface area contributed by atoms with Crippen molar-refractivity contribution >= 4 is 5.91 Å². The lowest BCUT2D eigenvalue weighted by Gasteiger charge is -2.35. The van der Waals surface area contributed by atoms with Crippen LogP contribution in [0.15, 0.2) is 48.5 Å². The lowest BCUT2D eigenvalue weighted by atomic mass is 9.91. The van der Waals surface area contributed by atoms with Crippen LogP contribution in [0.3, 0.4) is 0 Å². The minimum atomic E-state index is 0.130. The van der Waals surface area contributed by atoms with E-state index in [9.17, 15) is 9.90 Å². The van der Waals surface area contributed by atoms with E-state index in [1.807, 2.05) is 29.2 Å². The van der Waals surface area contributed by atoms with E-state index in [1.165, 1.54) is 18.4 Å². The number of nitrogens with one attached hydrogen (secondary N) is 1. The molecule has 0 bridgehead atoms. The lowest BCUT2D eigenvalue weighted by Crippen LogP contribution is -2.48. The van der Waals surface area contributed by atoms with E-state index in [-0.39, 0.29) is 5.91 Å². The number of carbonyl (C=O) groups is 1. The molecule has 2 saturated heterocycles. The van der Waals surface area contributed by atoms with E-state index in [4.69, 9.17) is 0 Å². The maximum absolute atomic E-state index is 12.9. The number of benzene rings is 2. The SMILES string of the molecule is O=C(c1ccc([C@H]2CCCNC2)cc1)N1CCN(Cc2cccc(O)c2)CC1. The quantitative estimate of drug-likeness (QED) is 0.858. The van der Waals surface area contributed by atoms with Gasteiger partial charge in [-0.25, -0.2) is 0 Å². The summed E-state index contributed by atoms with van der Waals surface area (Å²) in [5, 5.41) is 13.1. The van der Waals surface area contributed by atoms with E-state index in [1.54, 1.807) is 12.1 Å². The van der Waals surface area contributed by atoms with Crippen LogP contribution in [0.5, 0.6) is 5.75 Å². The fraction of sp³-hybridized carbons (Fsp3) is 0.435. The second-order valence-corrected chi connectivity index (χ2v) is 7.90. The van der Waals surface area contributed by atoms with Gasteiger partial charge in [0.25, 0.3) is 5.91 Å². The molecule has 2 aromatic carbocycles. The summed E-state index contributed by atoms with van der Waals surface area (Å²) in [4.78, 5) is 17.1. The van der Waals surface area contributed by atoms with Gasteiger partial charge in [-0.1, -0.05) is 24.3 Å². The molecule has 2 aromatic rings. The summed E-state index contributed by atoms with van der Waals surface area (Å²) in [5.41, 5.74) is 3.22. The Kier molecular flexibility index (Phi) is 5.93. The predicted octanol–water partition coefficient (Wildman–Crippen LogP) is 2.82. The Morgan fingerprint density at radius 3 is 2.54 bits per heavy atom. The van der Waals surface area contributed by atoms with Gasteiger partial charge in [0, 0.05) is 44.8 Å². The number of amides is 1. The molecule has 28 heavy (non-hydrogen) atoms. The van der Waals surface area contributed by atoms with E-state index in [0.29, 0.717) is 11.7 Å².